The van der Waals surface area contributed by atoms with Gasteiger partial charge < -0.3 is 4.74 Å². The fourth-order valence-corrected chi connectivity index (χ4v) is 5.26. The number of hydrogen-bond acceptors (Lipinski definition) is 3. The third-order valence-electron chi connectivity index (χ3n) is 7.51. The molecule has 1 heterocycles. The predicted octanol–water partition coefficient (Wildman–Crippen LogP) is 9.53. The van der Waals surface area contributed by atoms with E-state index in [1.165, 1.54) is 33.4 Å². The average Bonchev–Trinajstić information content (AvgIpc) is 3.10. The van der Waals surface area contributed by atoms with Crippen LogP contribution in [0.25, 0.3) is 0 Å². The number of rotatable bonds is 14. The lowest BCUT2D eigenvalue weighted by Gasteiger charge is -2.28. The summed E-state index contributed by atoms with van der Waals surface area (Å²) in [6, 6.07) is 0. The van der Waals surface area contributed by atoms with Crippen molar-refractivity contribution in [1.82, 2.24) is 0 Å². The second-order valence-electron chi connectivity index (χ2n) is 11.7. The Morgan fingerprint density at radius 3 is 1.81 bits per heavy atom. The molecule has 3 unspecified atom stereocenters. The lowest BCUT2D eigenvalue weighted by atomic mass is 9.72. The summed E-state index contributed by atoms with van der Waals surface area (Å²) in [5.41, 5.74) is 8.25. The number of esters is 2. The summed E-state index contributed by atoms with van der Waals surface area (Å²) >= 11 is 0. The smallest absolute Gasteiger partial charge is 0.318 e. The molecule has 204 valence electrons. The first-order valence-electron chi connectivity index (χ1n) is 14.3. The van der Waals surface area contributed by atoms with E-state index >= 15 is 0 Å². The Bertz CT molecular complexity index is 975. The molecular formula is C34H50O3. The normalized spacial score (nSPS) is 22.4. The maximum Gasteiger partial charge on any atom is 0.318 e. The molecule has 0 aromatic heterocycles. The van der Waals surface area contributed by atoms with Crippen molar-refractivity contribution in [2.45, 2.75) is 113 Å². The molecule has 1 saturated heterocycles. The van der Waals surface area contributed by atoms with Gasteiger partial charge >= 0.3 is 11.9 Å². The molecule has 3 atom stereocenters. The van der Waals surface area contributed by atoms with Gasteiger partial charge in [-0.1, -0.05) is 69.9 Å². The molecule has 2 rings (SSSR count). The highest BCUT2D eigenvalue weighted by molar-refractivity contribution is 5.97. The summed E-state index contributed by atoms with van der Waals surface area (Å²) in [5.74, 6) is -1.23. The van der Waals surface area contributed by atoms with Crippen LogP contribution in [0.5, 0.6) is 0 Å². The molecule has 0 N–H and O–H groups in total. The van der Waals surface area contributed by atoms with Gasteiger partial charge in [0.1, 0.15) is 0 Å². The van der Waals surface area contributed by atoms with Crippen LogP contribution in [0.1, 0.15) is 113 Å². The molecule has 1 aliphatic carbocycles. The molecule has 0 amide bonds. The number of allylic oxidation sites excluding steroid dienone is 12. The molecule has 0 saturated carbocycles. The number of carbonyl (C=O) groups excluding carboxylic acids is 2. The summed E-state index contributed by atoms with van der Waals surface area (Å²) in [5, 5.41) is 0. The Morgan fingerprint density at radius 1 is 0.730 bits per heavy atom. The summed E-state index contributed by atoms with van der Waals surface area (Å²) in [4.78, 5) is 24.9. The number of ether oxygens (including phenoxy) is 1. The lowest BCUT2D eigenvalue weighted by Crippen LogP contribution is -2.29. The molecule has 2 aliphatic rings. The molecule has 1 aliphatic heterocycles. The van der Waals surface area contributed by atoms with E-state index in [0.29, 0.717) is 6.42 Å². The van der Waals surface area contributed by atoms with E-state index < -0.39 is 0 Å². The van der Waals surface area contributed by atoms with Crippen LogP contribution in [-0.4, -0.2) is 11.9 Å². The van der Waals surface area contributed by atoms with Gasteiger partial charge in [0.15, 0.2) is 0 Å². The van der Waals surface area contributed by atoms with Crippen molar-refractivity contribution < 1.29 is 14.3 Å². The summed E-state index contributed by atoms with van der Waals surface area (Å²) in [6.45, 7) is 15.2. The Balaban J connectivity index is 1.96. The Kier molecular flexibility index (Phi) is 13.1. The van der Waals surface area contributed by atoms with Gasteiger partial charge in [-0.3, -0.25) is 9.59 Å². The fraction of sp³-hybridized carbons (Fsp3) is 0.588. The average molecular weight is 507 g/mol. The highest BCUT2D eigenvalue weighted by Gasteiger charge is 2.49. The van der Waals surface area contributed by atoms with Gasteiger partial charge in [-0.15, -0.1) is 0 Å². The molecule has 0 aromatic rings. The molecule has 0 bridgehead atoms. The second kappa shape index (κ2) is 15.7. The molecule has 37 heavy (non-hydrogen) atoms. The van der Waals surface area contributed by atoms with E-state index in [1.54, 1.807) is 0 Å². The van der Waals surface area contributed by atoms with Gasteiger partial charge in [-0.2, -0.15) is 0 Å². The maximum absolute atomic E-state index is 12.5. The van der Waals surface area contributed by atoms with Crippen molar-refractivity contribution in [3.63, 3.8) is 0 Å². The van der Waals surface area contributed by atoms with E-state index in [9.17, 15) is 9.59 Å². The minimum absolute atomic E-state index is 0.0479. The van der Waals surface area contributed by atoms with Gasteiger partial charge in [-0.25, -0.2) is 0 Å². The van der Waals surface area contributed by atoms with Crippen molar-refractivity contribution in [3.8, 4) is 0 Å². The van der Waals surface area contributed by atoms with Gasteiger partial charge in [0.2, 0.25) is 0 Å². The Hall–Kier alpha value is -2.42. The molecule has 3 nitrogen and oxygen atoms in total. The first-order valence-corrected chi connectivity index (χ1v) is 14.3. The minimum atomic E-state index is -0.328. The first-order chi connectivity index (χ1) is 17.6. The van der Waals surface area contributed by atoms with Crippen molar-refractivity contribution >= 4 is 11.9 Å². The van der Waals surface area contributed by atoms with E-state index in [-0.39, 0.29) is 29.7 Å². The van der Waals surface area contributed by atoms with Crippen LogP contribution in [0.3, 0.4) is 0 Å². The van der Waals surface area contributed by atoms with Gasteiger partial charge in [-0.05, 0) is 119 Å². The zero-order valence-corrected chi connectivity index (χ0v) is 24.5. The van der Waals surface area contributed by atoms with Crippen LogP contribution in [0.15, 0.2) is 69.9 Å². The third kappa shape index (κ3) is 11.2. The standard InChI is InChI=1S/C34H50O3/c1-24(2)12-8-14-26(5)16-10-17-28(7)20-21-30-22-29(23-31-32(30)34(36)37-33(31)35)19-11-18-27(6)15-9-13-25(3)4/h12-13,16,18,20,22,30-32H,8-11,14-15,17,19,21,23H2,1-7H3/b26-16+,27-18+,28-20+. The predicted molar refractivity (Wildman–Crippen MR) is 156 cm³/mol. The highest BCUT2D eigenvalue weighted by atomic mass is 16.6. The van der Waals surface area contributed by atoms with E-state index in [2.05, 4.69) is 84.9 Å². The zero-order valence-electron chi connectivity index (χ0n) is 24.5. The van der Waals surface area contributed by atoms with Gasteiger partial charge in [0.05, 0.1) is 11.8 Å². The van der Waals surface area contributed by atoms with Crippen LogP contribution in [-0.2, 0) is 14.3 Å². The SMILES string of the molecule is CC(C)=CCC/C(C)=C/CCC1=CC(C/C=C(\C)CC/C=C(\C)CCC=C(C)C)C2C(=O)OC(=O)C2C1. The number of cyclic esters (lactones) is 2. The number of carbonyl (C=O) groups is 2. The largest absolute Gasteiger partial charge is 0.393 e. The highest BCUT2D eigenvalue weighted by Crippen LogP contribution is 2.42. The van der Waals surface area contributed by atoms with Crippen molar-refractivity contribution in [3.05, 3.63) is 69.9 Å². The van der Waals surface area contributed by atoms with Crippen LogP contribution in [0, 0.1) is 17.8 Å². The van der Waals surface area contributed by atoms with E-state index in [1.807, 2.05) is 0 Å². The van der Waals surface area contributed by atoms with Crippen LogP contribution < -0.4 is 0 Å². The van der Waals surface area contributed by atoms with Gasteiger partial charge in [0.25, 0.3) is 0 Å². The summed E-state index contributed by atoms with van der Waals surface area (Å²) in [6.07, 6.45) is 23.7. The van der Waals surface area contributed by atoms with E-state index in [4.69, 9.17) is 4.74 Å². The molecule has 3 heteroatoms. The van der Waals surface area contributed by atoms with Gasteiger partial charge in [0, 0.05) is 0 Å². The molecular weight excluding hydrogens is 456 g/mol. The number of fused-ring (bicyclic) bond motifs is 1. The molecule has 0 spiro atoms. The molecule has 0 aromatic carbocycles. The summed E-state index contributed by atoms with van der Waals surface area (Å²) < 4.78 is 5.08. The zero-order chi connectivity index (χ0) is 27.4. The fourth-order valence-electron chi connectivity index (χ4n) is 5.26. The monoisotopic (exact) mass is 506 g/mol. The van der Waals surface area contributed by atoms with Crippen LogP contribution in [0.4, 0.5) is 0 Å². The summed E-state index contributed by atoms with van der Waals surface area (Å²) in [7, 11) is 0. The third-order valence-corrected chi connectivity index (χ3v) is 7.51. The quantitative estimate of drug-likeness (QED) is 0.134. The van der Waals surface area contributed by atoms with Crippen molar-refractivity contribution in [2.24, 2.45) is 17.8 Å². The second-order valence-corrected chi connectivity index (χ2v) is 11.7. The first kappa shape index (κ1) is 30.8. The van der Waals surface area contributed by atoms with Crippen molar-refractivity contribution in [1.29, 1.82) is 0 Å². The minimum Gasteiger partial charge on any atom is -0.393 e. The maximum atomic E-state index is 12.5. The molecule has 0 radical (unpaired) electrons. The van der Waals surface area contributed by atoms with Crippen LogP contribution in [0.2, 0.25) is 0 Å². The van der Waals surface area contributed by atoms with E-state index in [0.717, 1.165) is 57.8 Å². The van der Waals surface area contributed by atoms with Crippen molar-refractivity contribution in [2.75, 3.05) is 0 Å². The molecule has 1 fully saturated rings. The van der Waals surface area contributed by atoms with Crippen LogP contribution >= 0.6 is 0 Å². The number of hydrogen-bond donors (Lipinski definition) is 0. The Morgan fingerprint density at radius 2 is 1.24 bits per heavy atom. The Labute approximate surface area is 226 Å². The lowest BCUT2D eigenvalue weighted by molar-refractivity contribution is -0.154. The topological polar surface area (TPSA) is 43.4 Å².